The van der Waals surface area contributed by atoms with E-state index in [1.54, 1.807) is 11.0 Å². The van der Waals surface area contributed by atoms with E-state index in [0.29, 0.717) is 34.6 Å². The molecule has 10 nitrogen and oxygen atoms in total. The van der Waals surface area contributed by atoms with E-state index in [2.05, 4.69) is 5.32 Å². The molecule has 2 heterocycles. The van der Waals surface area contributed by atoms with Crippen molar-refractivity contribution in [2.75, 3.05) is 18.7 Å². The maximum Gasteiger partial charge on any atom is 0.335 e. The molecule has 0 aromatic heterocycles. The lowest BCUT2D eigenvalue weighted by Gasteiger charge is -2.17. The molecule has 5 rings (SSSR count). The van der Waals surface area contributed by atoms with Crippen molar-refractivity contribution >= 4 is 46.1 Å². The fourth-order valence-electron chi connectivity index (χ4n) is 4.06. The van der Waals surface area contributed by atoms with Gasteiger partial charge in [-0.25, -0.2) is 9.79 Å². The van der Waals surface area contributed by atoms with Crippen LogP contribution in [0.15, 0.2) is 71.7 Å². The number of carbonyl (C=O) groups is 3. The van der Waals surface area contributed by atoms with Crippen molar-refractivity contribution in [1.82, 2.24) is 4.90 Å². The number of hydrogen-bond donors (Lipinski definition) is 2. The predicted octanol–water partition coefficient (Wildman–Crippen LogP) is 4.67. The predicted molar refractivity (Wildman–Crippen MR) is 146 cm³/mol. The number of fused-ring (bicyclic) bond motifs is 1. The number of amides is 2. The van der Waals surface area contributed by atoms with Crippen molar-refractivity contribution in [1.29, 1.82) is 0 Å². The molecule has 2 aliphatic rings. The Bertz CT molecular complexity index is 1420. The van der Waals surface area contributed by atoms with Crippen LogP contribution in [-0.4, -0.2) is 51.6 Å². The maximum atomic E-state index is 13.5. The molecule has 0 bridgehead atoms. The number of nitrogens with zero attached hydrogens (tertiary/aromatic N) is 2. The Morgan fingerprint density at radius 1 is 1.08 bits per heavy atom. The van der Waals surface area contributed by atoms with Gasteiger partial charge >= 0.3 is 5.97 Å². The summed E-state index contributed by atoms with van der Waals surface area (Å²) in [7, 11) is 0. The van der Waals surface area contributed by atoms with Gasteiger partial charge in [-0.05, 0) is 73.2 Å². The number of thioether (sulfide) groups is 1. The topological polar surface area (TPSA) is 127 Å². The minimum Gasteiger partial charge on any atom is -0.494 e. The molecule has 11 heteroatoms. The molecule has 2 aliphatic heterocycles. The smallest absolute Gasteiger partial charge is 0.335 e. The molecule has 2 N–H and O–H groups in total. The highest BCUT2D eigenvalue weighted by molar-refractivity contribution is 8.15. The van der Waals surface area contributed by atoms with Crippen LogP contribution in [-0.2, 0) is 16.1 Å². The van der Waals surface area contributed by atoms with E-state index in [0.717, 1.165) is 11.3 Å². The molecule has 1 saturated heterocycles. The molecule has 1 atom stereocenters. The first-order valence-electron chi connectivity index (χ1n) is 12.2. The van der Waals surface area contributed by atoms with Gasteiger partial charge in [0.1, 0.15) is 11.0 Å². The Hall–Kier alpha value is -4.51. The largest absolute Gasteiger partial charge is 0.494 e. The van der Waals surface area contributed by atoms with Crippen molar-refractivity contribution < 1.29 is 33.7 Å². The number of carbonyl (C=O) groups excluding carboxylic acids is 2. The van der Waals surface area contributed by atoms with E-state index in [9.17, 15) is 14.4 Å². The number of carboxylic acids is 1. The Balaban J connectivity index is 1.34. The van der Waals surface area contributed by atoms with E-state index in [4.69, 9.17) is 24.3 Å². The van der Waals surface area contributed by atoms with Gasteiger partial charge < -0.3 is 24.6 Å². The molecule has 1 unspecified atom stereocenters. The molecule has 0 spiro atoms. The summed E-state index contributed by atoms with van der Waals surface area (Å²) in [5.74, 6) is 0.326. The van der Waals surface area contributed by atoms with E-state index in [1.807, 2.05) is 43.3 Å². The summed E-state index contributed by atoms with van der Waals surface area (Å²) in [5, 5.41) is 11.6. The number of aliphatic imine (C=N–C) groups is 1. The Morgan fingerprint density at radius 2 is 1.82 bits per heavy atom. The zero-order valence-corrected chi connectivity index (χ0v) is 21.8. The second-order valence-electron chi connectivity index (χ2n) is 8.67. The first kappa shape index (κ1) is 26.1. The first-order chi connectivity index (χ1) is 18.9. The normalized spacial score (nSPS) is 16.9. The SMILES string of the molecule is CCOc1ccc(N=C2SC(CC(=O)Nc3ccc(C(=O)O)cc3)C(=O)N2Cc2ccc3c(c2)OCO3)cc1. The molecule has 2 amide bonds. The van der Waals surface area contributed by atoms with E-state index >= 15 is 0 Å². The summed E-state index contributed by atoms with van der Waals surface area (Å²) < 4.78 is 16.4. The number of amidine groups is 1. The lowest BCUT2D eigenvalue weighted by molar-refractivity contribution is -0.128. The van der Waals surface area contributed by atoms with Crippen LogP contribution < -0.4 is 19.5 Å². The van der Waals surface area contributed by atoms with Gasteiger partial charge in [-0.2, -0.15) is 0 Å². The van der Waals surface area contributed by atoms with Crippen LogP contribution in [0.1, 0.15) is 29.3 Å². The van der Waals surface area contributed by atoms with Crippen molar-refractivity contribution in [2.45, 2.75) is 25.1 Å². The molecular formula is C28H25N3O7S. The molecule has 0 radical (unpaired) electrons. The van der Waals surface area contributed by atoms with Crippen LogP contribution in [0.2, 0.25) is 0 Å². The summed E-state index contributed by atoms with van der Waals surface area (Å²) in [6, 6.07) is 18.6. The minimum atomic E-state index is -1.05. The fraction of sp³-hybridized carbons (Fsp3) is 0.214. The van der Waals surface area contributed by atoms with Crippen LogP contribution in [0, 0.1) is 0 Å². The maximum absolute atomic E-state index is 13.5. The van der Waals surface area contributed by atoms with E-state index in [-0.39, 0.29) is 37.1 Å². The van der Waals surface area contributed by atoms with Crippen LogP contribution in [0.3, 0.4) is 0 Å². The number of hydrogen-bond acceptors (Lipinski definition) is 8. The molecule has 3 aromatic carbocycles. The lowest BCUT2D eigenvalue weighted by Crippen LogP contribution is -2.33. The Kier molecular flexibility index (Phi) is 7.69. The van der Waals surface area contributed by atoms with Gasteiger partial charge in [0.05, 0.1) is 24.4 Å². The second-order valence-corrected chi connectivity index (χ2v) is 9.84. The third kappa shape index (κ3) is 6.15. The van der Waals surface area contributed by atoms with Gasteiger partial charge in [0.2, 0.25) is 18.6 Å². The molecule has 3 aromatic rings. The van der Waals surface area contributed by atoms with E-state index in [1.165, 1.54) is 36.0 Å². The second kappa shape index (κ2) is 11.5. The van der Waals surface area contributed by atoms with E-state index < -0.39 is 11.2 Å². The number of aromatic carboxylic acids is 1. The van der Waals surface area contributed by atoms with Gasteiger partial charge in [-0.1, -0.05) is 17.8 Å². The Labute approximate surface area is 228 Å². The zero-order chi connectivity index (χ0) is 27.4. The van der Waals surface area contributed by atoms with Crippen LogP contribution in [0.4, 0.5) is 11.4 Å². The number of ether oxygens (including phenoxy) is 3. The minimum absolute atomic E-state index is 0.0792. The summed E-state index contributed by atoms with van der Waals surface area (Å²) >= 11 is 1.23. The van der Waals surface area contributed by atoms with Crippen molar-refractivity contribution in [3.8, 4) is 17.2 Å². The van der Waals surface area contributed by atoms with Crippen LogP contribution >= 0.6 is 11.8 Å². The molecule has 200 valence electrons. The van der Waals surface area contributed by atoms with Crippen LogP contribution in [0.25, 0.3) is 0 Å². The van der Waals surface area contributed by atoms with Gasteiger partial charge in [0.15, 0.2) is 16.7 Å². The highest BCUT2D eigenvalue weighted by Crippen LogP contribution is 2.36. The lowest BCUT2D eigenvalue weighted by atomic mass is 10.1. The quantitative estimate of drug-likeness (QED) is 0.396. The van der Waals surface area contributed by atoms with Gasteiger partial charge in [-0.15, -0.1) is 0 Å². The van der Waals surface area contributed by atoms with Crippen molar-refractivity contribution in [3.63, 3.8) is 0 Å². The molecule has 0 saturated carbocycles. The summed E-state index contributed by atoms with van der Waals surface area (Å²) in [6.07, 6.45) is -0.0792. The molecular weight excluding hydrogens is 522 g/mol. The third-order valence-electron chi connectivity index (χ3n) is 5.96. The average molecular weight is 548 g/mol. The summed E-state index contributed by atoms with van der Waals surface area (Å²) in [4.78, 5) is 43.6. The molecule has 1 fully saturated rings. The van der Waals surface area contributed by atoms with Crippen molar-refractivity contribution in [2.24, 2.45) is 4.99 Å². The Morgan fingerprint density at radius 3 is 2.54 bits per heavy atom. The molecule has 0 aliphatic carbocycles. The number of benzene rings is 3. The standard InChI is InChI=1S/C28H25N3O7S/c1-2-36-21-10-8-20(9-11-21)30-28-31(15-17-3-12-22-23(13-17)38-16-37-22)26(33)24(39-28)14-25(32)29-19-6-4-18(5-7-19)27(34)35/h3-13,24H,2,14-16H2,1H3,(H,29,32)(H,34,35). The summed E-state index contributed by atoms with van der Waals surface area (Å²) in [5.41, 5.74) is 2.04. The number of carboxylic acid groups (broad SMARTS) is 1. The first-order valence-corrected chi connectivity index (χ1v) is 13.1. The average Bonchev–Trinajstić information content (AvgIpc) is 3.50. The molecule has 39 heavy (non-hydrogen) atoms. The van der Waals surface area contributed by atoms with Crippen LogP contribution in [0.5, 0.6) is 17.2 Å². The number of rotatable bonds is 9. The highest BCUT2D eigenvalue weighted by Gasteiger charge is 2.39. The van der Waals surface area contributed by atoms with Gasteiger partial charge in [-0.3, -0.25) is 14.5 Å². The fourth-order valence-corrected chi connectivity index (χ4v) is 5.22. The van der Waals surface area contributed by atoms with Gasteiger partial charge in [0, 0.05) is 12.1 Å². The summed E-state index contributed by atoms with van der Waals surface area (Å²) in [6.45, 7) is 2.85. The zero-order valence-electron chi connectivity index (χ0n) is 21.0. The monoisotopic (exact) mass is 547 g/mol. The number of nitrogens with one attached hydrogen (secondary N) is 1. The van der Waals surface area contributed by atoms with Gasteiger partial charge in [0.25, 0.3) is 0 Å². The number of anilines is 1. The highest BCUT2D eigenvalue weighted by atomic mass is 32.2. The third-order valence-corrected chi connectivity index (χ3v) is 7.13. The van der Waals surface area contributed by atoms with Crippen molar-refractivity contribution in [3.05, 3.63) is 77.9 Å².